The second-order valence-corrected chi connectivity index (χ2v) is 4.93. The normalized spacial score (nSPS) is 10.4. The summed E-state index contributed by atoms with van der Waals surface area (Å²) in [6, 6.07) is 7.79. The summed E-state index contributed by atoms with van der Waals surface area (Å²) in [5, 5.41) is 11.3. The average Bonchev–Trinajstić information content (AvgIpc) is 2.37. The molecule has 2 N–H and O–H groups in total. The van der Waals surface area contributed by atoms with Gasteiger partial charge in [-0.3, -0.25) is 14.5 Å². The number of ether oxygens (including phenoxy) is 1. The topological polar surface area (TPSA) is 78.9 Å². The van der Waals surface area contributed by atoms with Crippen LogP contribution in [0.4, 0.5) is 0 Å². The minimum atomic E-state index is -0.947. The molecular formula is C15H22N2O4. The van der Waals surface area contributed by atoms with Crippen molar-refractivity contribution in [3.63, 3.8) is 0 Å². The number of carbonyl (C=O) groups is 2. The number of amides is 1. The minimum absolute atomic E-state index is 0.0744. The van der Waals surface area contributed by atoms with Gasteiger partial charge in [0.2, 0.25) is 5.91 Å². The summed E-state index contributed by atoms with van der Waals surface area (Å²) in [7, 11) is 1.59. The maximum atomic E-state index is 11.5. The Bertz CT molecular complexity index is 476. The number of nitrogens with one attached hydrogen (secondary N) is 1. The molecule has 0 atom stereocenters. The van der Waals surface area contributed by atoms with Crippen LogP contribution in [0, 0.1) is 6.92 Å². The quantitative estimate of drug-likeness (QED) is 0.662. The van der Waals surface area contributed by atoms with Crippen LogP contribution in [-0.2, 0) is 9.59 Å². The number of hydrogen-bond acceptors (Lipinski definition) is 4. The number of aliphatic carboxylic acids is 1. The van der Waals surface area contributed by atoms with Crippen LogP contribution in [0.2, 0.25) is 0 Å². The lowest BCUT2D eigenvalue weighted by Gasteiger charge is -2.13. The van der Waals surface area contributed by atoms with Crippen molar-refractivity contribution in [2.24, 2.45) is 0 Å². The first-order chi connectivity index (χ1) is 9.97. The third-order valence-corrected chi connectivity index (χ3v) is 2.72. The number of aryl methyl sites for hydroxylation is 1. The van der Waals surface area contributed by atoms with E-state index in [1.807, 2.05) is 31.2 Å². The molecule has 6 heteroatoms. The van der Waals surface area contributed by atoms with Gasteiger partial charge in [0.1, 0.15) is 5.75 Å². The van der Waals surface area contributed by atoms with Crippen molar-refractivity contribution in [1.82, 2.24) is 10.2 Å². The Morgan fingerprint density at radius 1 is 1.33 bits per heavy atom. The van der Waals surface area contributed by atoms with E-state index in [4.69, 9.17) is 9.84 Å². The van der Waals surface area contributed by atoms with Gasteiger partial charge in [0.25, 0.3) is 0 Å². The predicted octanol–water partition coefficient (Wildman–Crippen LogP) is 0.897. The van der Waals surface area contributed by atoms with Crippen molar-refractivity contribution >= 4 is 11.9 Å². The van der Waals surface area contributed by atoms with Gasteiger partial charge in [0.05, 0.1) is 19.7 Å². The molecule has 0 aliphatic carbocycles. The summed E-state index contributed by atoms with van der Waals surface area (Å²) in [5.41, 5.74) is 1.14. The van der Waals surface area contributed by atoms with E-state index in [1.165, 1.54) is 4.90 Å². The van der Waals surface area contributed by atoms with Crippen molar-refractivity contribution in [3.8, 4) is 5.75 Å². The number of hydrogen-bond donors (Lipinski definition) is 2. The van der Waals surface area contributed by atoms with E-state index in [2.05, 4.69) is 5.32 Å². The molecule has 0 fully saturated rings. The molecular weight excluding hydrogens is 272 g/mol. The first-order valence-corrected chi connectivity index (χ1v) is 6.84. The standard InChI is InChI=1S/C15H22N2O4/c1-12-5-3-6-13(9-12)21-8-4-7-16-14(18)10-17(2)11-15(19)20/h3,5-6,9H,4,7-8,10-11H2,1-2H3,(H,16,18)(H,19,20). The second-order valence-electron chi connectivity index (χ2n) is 4.93. The summed E-state index contributed by atoms with van der Waals surface area (Å²) < 4.78 is 5.56. The van der Waals surface area contributed by atoms with E-state index in [0.29, 0.717) is 19.6 Å². The third kappa shape index (κ3) is 7.94. The molecule has 0 spiro atoms. The van der Waals surface area contributed by atoms with Gasteiger partial charge in [-0.15, -0.1) is 0 Å². The molecule has 0 bridgehead atoms. The van der Waals surface area contributed by atoms with Crippen LogP contribution in [0.3, 0.4) is 0 Å². The highest BCUT2D eigenvalue weighted by Gasteiger charge is 2.08. The molecule has 0 saturated carbocycles. The molecule has 0 aliphatic heterocycles. The summed E-state index contributed by atoms with van der Waals surface area (Å²) in [6.07, 6.45) is 0.697. The largest absolute Gasteiger partial charge is 0.494 e. The van der Waals surface area contributed by atoms with Gasteiger partial charge < -0.3 is 15.2 Å². The monoisotopic (exact) mass is 294 g/mol. The molecule has 0 heterocycles. The zero-order valence-electron chi connectivity index (χ0n) is 12.5. The lowest BCUT2D eigenvalue weighted by atomic mass is 10.2. The van der Waals surface area contributed by atoms with Crippen molar-refractivity contribution in [2.45, 2.75) is 13.3 Å². The Kier molecular flexibility index (Phi) is 7.25. The maximum absolute atomic E-state index is 11.5. The lowest BCUT2D eigenvalue weighted by Crippen LogP contribution is -2.38. The minimum Gasteiger partial charge on any atom is -0.494 e. The van der Waals surface area contributed by atoms with Crippen LogP contribution >= 0.6 is 0 Å². The zero-order valence-corrected chi connectivity index (χ0v) is 12.5. The van der Waals surface area contributed by atoms with Crippen molar-refractivity contribution < 1.29 is 19.4 Å². The molecule has 1 rings (SSSR count). The number of carbonyl (C=O) groups excluding carboxylic acids is 1. The number of likely N-dealkylation sites (N-methyl/N-ethyl adjacent to an activating group) is 1. The van der Waals surface area contributed by atoms with Gasteiger partial charge in [-0.1, -0.05) is 12.1 Å². The van der Waals surface area contributed by atoms with E-state index >= 15 is 0 Å². The molecule has 0 radical (unpaired) electrons. The maximum Gasteiger partial charge on any atom is 0.317 e. The van der Waals surface area contributed by atoms with E-state index in [1.54, 1.807) is 7.05 Å². The van der Waals surface area contributed by atoms with Gasteiger partial charge in [0.15, 0.2) is 0 Å². The highest BCUT2D eigenvalue weighted by Crippen LogP contribution is 2.12. The molecule has 0 saturated heterocycles. The molecule has 21 heavy (non-hydrogen) atoms. The fourth-order valence-electron chi connectivity index (χ4n) is 1.78. The molecule has 116 valence electrons. The Morgan fingerprint density at radius 3 is 2.76 bits per heavy atom. The van der Waals surface area contributed by atoms with Gasteiger partial charge in [-0.2, -0.15) is 0 Å². The smallest absolute Gasteiger partial charge is 0.317 e. The van der Waals surface area contributed by atoms with Crippen molar-refractivity contribution in [3.05, 3.63) is 29.8 Å². The zero-order chi connectivity index (χ0) is 15.7. The van der Waals surface area contributed by atoms with Crippen LogP contribution in [0.15, 0.2) is 24.3 Å². The third-order valence-electron chi connectivity index (χ3n) is 2.72. The van der Waals surface area contributed by atoms with Gasteiger partial charge in [0, 0.05) is 6.54 Å². The van der Waals surface area contributed by atoms with Crippen molar-refractivity contribution in [2.75, 3.05) is 33.3 Å². The van der Waals surface area contributed by atoms with E-state index in [-0.39, 0.29) is 19.0 Å². The average molecular weight is 294 g/mol. The van der Waals surface area contributed by atoms with E-state index in [0.717, 1.165) is 11.3 Å². The van der Waals surface area contributed by atoms with Crippen LogP contribution in [-0.4, -0.2) is 55.2 Å². The Hall–Kier alpha value is -2.08. The van der Waals surface area contributed by atoms with Crippen LogP contribution in [0.5, 0.6) is 5.75 Å². The first-order valence-electron chi connectivity index (χ1n) is 6.84. The van der Waals surface area contributed by atoms with Gasteiger partial charge in [-0.05, 0) is 38.1 Å². The van der Waals surface area contributed by atoms with Gasteiger partial charge >= 0.3 is 5.97 Å². The lowest BCUT2D eigenvalue weighted by molar-refractivity contribution is -0.138. The molecule has 0 aromatic heterocycles. The number of rotatable bonds is 9. The second kappa shape index (κ2) is 8.97. The molecule has 0 aliphatic rings. The summed E-state index contributed by atoms with van der Waals surface area (Å²) >= 11 is 0. The molecule has 1 aromatic carbocycles. The van der Waals surface area contributed by atoms with Crippen LogP contribution in [0.25, 0.3) is 0 Å². The summed E-state index contributed by atoms with van der Waals surface area (Å²) in [6.45, 7) is 2.95. The Balaban J connectivity index is 2.11. The fraction of sp³-hybridized carbons (Fsp3) is 0.467. The van der Waals surface area contributed by atoms with Crippen LogP contribution < -0.4 is 10.1 Å². The first kappa shape index (κ1) is 17.0. The Labute approximate surface area is 124 Å². The Morgan fingerprint density at radius 2 is 2.10 bits per heavy atom. The van der Waals surface area contributed by atoms with Crippen LogP contribution in [0.1, 0.15) is 12.0 Å². The molecule has 1 amide bonds. The highest BCUT2D eigenvalue weighted by molar-refractivity contribution is 5.78. The van der Waals surface area contributed by atoms with E-state index in [9.17, 15) is 9.59 Å². The molecule has 1 aromatic rings. The fourth-order valence-corrected chi connectivity index (χ4v) is 1.78. The number of nitrogens with zero attached hydrogens (tertiary/aromatic N) is 1. The summed E-state index contributed by atoms with van der Waals surface area (Å²) in [5.74, 6) is -0.311. The summed E-state index contributed by atoms with van der Waals surface area (Å²) in [4.78, 5) is 23.4. The number of carboxylic acids is 1. The molecule has 6 nitrogen and oxygen atoms in total. The number of benzene rings is 1. The SMILES string of the molecule is Cc1cccc(OCCCNC(=O)CN(C)CC(=O)O)c1. The number of carboxylic acid groups (broad SMARTS) is 1. The van der Waals surface area contributed by atoms with Gasteiger partial charge in [-0.25, -0.2) is 0 Å². The molecule has 0 unspecified atom stereocenters. The van der Waals surface area contributed by atoms with E-state index < -0.39 is 5.97 Å². The predicted molar refractivity (Wildman–Crippen MR) is 79.4 cm³/mol. The highest BCUT2D eigenvalue weighted by atomic mass is 16.5. The van der Waals surface area contributed by atoms with Crippen molar-refractivity contribution in [1.29, 1.82) is 0 Å².